The van der Waals surface area contributed by atoms with Gasteiger partial charge in [-0.15, -0.1) is 0 Å². The van der Waals surface area contributed by atoms with Gasteiger partial charge in [0.2, 0.25) is 0 Å². The lowest BCUT2D eigenvalue weighted by Gasteiger charge is -2.33. The Labute approximate surface area is 74.9 Å². The van der Waals surface area contributed by atoms with Gasteiger partial charge in [-0.1, -0.05) is 13.2 Å². The molecular weight excluding hydrogens is 148 g/mol. The first-order chi connectivity index (χ1) is 5.77. The smallest absolute Gasteiger partial charge is 0.0287 e. The normalized spacial score (nSPS) is 19.2. The van der Waals surface area contributed by atoms with Gasteiger partial charge >= 0.3 is 0 Å². The predicted octanol–water partition coefficient (Wildman–Crippen LogP) is 1.37. The highest BCUT2D eigenvalue weighted by molar-refractivity contribution is 5.10. The molecule has 0 amide bonds. The number of hydrogen-bond donors (Lipinski definition) is 1. The quantitative estimate of drug-likeness (QED) is 0.637. The van der Waals surface area contributed by atoms with Crippen molar-refractivity contribution in [1.29, 1.82) is 0 Å². The first kappa shape index (κ1) is 9.33. The molecule has 1 aliphatic rings. The Morgan fingerprint density at radius 1 is 1.50 bits per heavy atom. The fraction of sp³-hybridized carbons (Fsp3) is 0.600. The van der Waals surface area contributed by atoms with Crippen LogP contribution in [0.5, 0.6) is 0 Å². The van der Waals surface area contributed by atoms with Crippen molar-refractivity contribution in [3.05, 3.63) is 24.9 Å². The van der Waals surface area contributed by atoms with Crippen molar-refractivity contribution in [1.82, 2.24) is 10.2 Å². The molecule has 1 aliphatic heterocycles. The maximum absolute atomic E-state index is 3.94. The van der Waals surface area contributed by atoms with E-state index >= 15 is 0 Å². The van der Waals surface area contributed by atoms with E-state index in [-0.39, 0.29) is 0 Å². The zero-order chi connectivity index (χ0) is 8.97. The number of nitrogens with zero attached hydrogens (tertiary/aromatic N) is 1. The molecule has 1 saturated heterocycles. The van der Waals surface area contributed by atoms with Crippen LogP contribution in [0.3, 0.4) is 0 Å². The molecule has 68 valence electrons. The molecule has 0 atom stereocenters. The molecule has 0 saturated carbocycles. The van der Waals surface area contributed by atoms with E-state index in [0.29, 0.717) is 6.04 Å². The second kappa shape index (κ2) is 4.31. The Morgan fingerprint density at radius 3 is 2.50 bits per heavy atom. The fourth-order valence-electron chi connectivity index (χ4n) is 1.58. The highest BCUT2D eigenvalue weighted by Crippen LogP contribution is 2.14. The average molecular weight is 166 g/mol. The van der Waals surface area contributed by atoms with Crippen LogP contribution in [-0.4, -0.2) is 31.1 Å². The summed E-state index contributed by atoms with van der Waals surface area (Å²) in [4.78, 5) is 2.29. The molecule has 12 heavy (non-hydrogen) atoms. The molecule has 0 aliphatic carbocycles. The Balaban J connectivity index is 2.35. The number of rotatable bonds is 3. The molecule has 0 radical (unpaired) electrons. The van der Waals surface area contributed by atoms with Crippen LogP contribution in [-0.2, 0) is 0 Å². The van der Waals surface area contributed by atoms with E-state index in [1.54, 1.807) is 0 Å². The lowest BCUT2D eigenvalue weighted by molar-refractivity contribution is 0.254. The summed E-state index contributed by atoms with van der Waals surface area (Å²) in [6, 6.07) is 0.693. The zero-order valence-corrected chi connectivity index (χ0v) is 7.84. The van der Waals surface area contributed by atoms with Crippen molar-refractivity contribution in [3.8, 4) is 0 Å². The van der Waals surface area contributed by atoms with Crippen molar-refractivity contribution in [3.63, 3.8) is 0 Å². The van der Waals surface area contributed by atoms with Gasteiger partial charge in [0.15, 0.2) is 0 Å². The predicted molar refractivity (Wildman–Crippen MR) is 53.0 cm³/mol. The summed E-state index contributed by atoms with van der Waals surface area (Å²) in [5.74, 6) is 0. The zero-order valence-electron chi connectivity index (χ0n) is 7.84. The largest absolute Gasteiger partial charge is 0.372 e. The van der Waals surface area contributed by atoms with Crippen molar-refractivity contribution >= 4 is 0 Å². The number of allylic oxidation sites excluding steroid dienone is 1. The Morgan fingerprint density at radius 2 is 2.08 bits per heavy atom. The van der Waals surface area contributed by atoms with Crippen molar-refractivity contribution < 1.29 is 0 Å². The number of nitrogens with one attached hydrogen (secondary N) is 1. The van der Waals surface area contributed by atoms with E-state index in [0.717, 1.165) is 18.8 Å². The third kappa shape index (κ3) is 2.11. The van der Waals surface area contributed by atoms with Crippen LogP contribution in [0.1, 0.15) is 12.8 Å². The summed E-state index contributed by atoms with van der Waals surface area (Å²) in [6.45, 7) is 9.87. The van der Waals surface area contributed by atoms with E-state index in [9.17, 15) is 0 Å². The fourth-order valence-corrected chi connectivity index (χ4v) is 1.58. The molecule has 0 spiro atoms. The molecule has 1 heterocycles. The summed E-state index contributed by atoms with van der Waals surface area (Å²) in [6.07, 6.45) is 4.26. The Bertz CT molecular complexity index is 167. The van der Waals surface area contributed by atoms with Crippen LogP contribution in [0.25, 0.3) is 0 Å². The molecule has 0 bridgehead atoms. The van der Waals surface area contributed by atoms with Crippen molar-refractivity contribution in [2.45, 2.75) is 18.9 Å². The van der Waals surface area contributed by atoms with Gasteiger partial charge in [0, 0.05) is 24.8 Å². The van der Waals surface area contributed by atoms with Gasteiger partial charge in [-0.25, -0.2) is 0 Å². The molecule has 1 fully saturated rings. The maximum Gasteiger partial charge on any atom is 0.0287 e. The molecule has 2 nitrogen and oxygen atoms in total. The van der Waals surface area contributed by atoms with Crippen LogP contribution in [0.2, 0.25) is 0 Å². The minimum absolute atomic E-state index is 0.693. The lowest BCUT2D eigenvalue weighted by atomic mass is 10.1. The van der Waals surface area contributed by atoms with Gasteiger partial charge < -0.3 is 10.2 Å². The average Bonchev–Trinajstić information content (AvgIpc) is 2.17. The number of likely N-dealkylation sites (tertiary alicyclic amines) is 1. The summed E-state index contributed by atoms with van der Waals surface area (Å²) >= 11 is 0. The minimum Gasteiger partial charge on any atom is -0.372 e. The first-order valence-corrected chi connectivity index (χ1v) is 4.51. The molecule has 1 N–H and O–H groups in total. The van der Waals surface area contributed by atoms with Gasteiger partial charge in [0.05, 0.1) is 0 Å². The van der Waals surface area contributed by atoms with Gasteiger partial charge in [-0.05, 0) is 26.0 Å². The summed E-state index contributed by atoms with van der Waals surface area (Å²) < 4.78 is 0. The molecule has 0 aromatic carbocycles. The second-order valence-corrected chi connectivity index (χ2v) is 3.25. The molecule has 0 aromatic heterocycles. The first-order valence-electron chi connectivity index (χ1n) is 4.51. The number of piperidine rings is 1. The van der Waals surface area contributed by atoms with Crippen LogP contribution in [0, 0.1) is 0 Å². The summed E-state index contributed by atoms with van der Waals surface area (Å²) in [7, 11) is 2.03. The molecule has 0 unspecified atom stereocenters. The summed E-state index contributed by atoms with van der Waals surface area (Å²) in [5.41, 5.74) is 1.06. The van der Waals surface area contributed by atoms with Crippen LogP contribution in [0.4, 0.5) is 0 Å². The van der Waals surface area contributed by atoms with Gasteiger partial charge in [0.25, 0.3) is 0 Å². The number of hydrogen-bond acceptors (Lipinski definition) is 2. The van der Waals surface area contributed by atoms with E-state index < -0.39 is 0 Å². The highest BCUT2D eigenvalue weighted by Gasteiger charge is 2.16. The van der Waals surface area contributed by atoms with Gasteiger partial charge in [-0.3, -0.25) is 0 Å². The second-order valence-electron chi connectivity index (χ2n) is 3.25. The third-order valence-corrected chi connectivity index (χ3v) is 2.55. The van der Waals surface area contributed by atoms with Crippen LogP contribution >= 0.6 is 0 Å². The van der Waals surface area contributed by atoms with E-state index in [1.807, 2.05) is 13.1 Å². The highest BCUT2D eigenvalue weighted by atomic mass is 15.1. The molecule has 0 aromatic rings. The van der Waals surface area contributed by atoms with Crippen molar-refractivity contribution in [2.24, 2.45) is 0 Å². The molecule has 2 heteroatoms. The van der Waals surface area contributed by atoms with E-state index in [2.05, 4.69) is 23.4 Å². The lowest BCUT2D eigenvalue weighted by Crippen LogP contribution is -2.40. The van der Waals surface area contributed by atoms with Crippen molar-refractivity contribution in [2.75, 3.05) is 20.1 Å². The van der Waals surface area contributed by atoms with Gasteiger partial charge in [0.1, 0.15) is 0 Å². The summed E-state index contributed by atoms with van der Waals surface area (Å²) in [5, 5.41) is 3.30. The topological polar surface area (TPSA) is 15.3 Å². The monoisotopic (exact) mass is 166 g/mol. The van der Waals surface area contributed by atoms with Crippen LogP contribution in [0.15, 0.2) is 24.9 Å². The van der Waals surface area contributed by atoms with Crippen LogP contribution < -0.4 is 5.32 Å². The van der Waals surface area contributed by atoms with Gasteiger partial charge in [-0.2, -0.15) is 0 Å². The Kier molecular flexibility index (Phi) is 3.35. The maximum atomic E-state index is 3.94. The van der Waals surface area contributed by atoms with E-state index in [4.69, 9.17) is 0 Å². The molecule has 1 rings (SSSR count). The Hall–Kier alpha value is -0.760. The standard InChI is InChI=1S/C10H18N2/c1-4-9(2)12-7-5-10(11-3)6-8-12/h4,10-11H,1-2,5-8H2,3H3. The van der Waals surface area contributed by atoms with E-state index in [1.165, 1.54) is 12.8 Å². The minimum atomic E-state index is 0.693. The molecular formula is C10H18N2. The SMILES string of the molecule is C=CC(=C)N1CCC(NC)CC1. The third-order valence-electron chi connectivity index (χ3n) is 2.55.